The topological polar surface area (TPSA) is 54.9 Å². The largest absolute Gasteiger partial charge is 0.347 e. The lowest BCUT2D eigenvalue weighted by molar-refractivity contribution is 0.0945. The van der Waals surface area contributed by atoms with Gasteiger partial charge in [0.25, 0.3) is 5.91 Å². The zero-order valence-electron chi connectivity index (χ0n) is 9.23. The van der Waals surface area contributed by atoms with E-state index in [4.69, 9.17) is 11.6 Å². The van der Waals surface area contributed by atoms with Crippen LogP contribution in [0.4, 0.5) is 0 Å². The third-order valence-corrected chi connectivity index (χ3v) is 2.84. The second-order valence-corrected chi connectivity index (χ2v) is 4.79. The maximum absolute atomic E-state index is 11.8. The van der Waals surface area contributed by atoms with Gasteiger partial charge >= 0.3 is 0 Å². The van der Waals surface area contributed by atoms with Gasteiger partial charge in [-0.1, -0.05) is 23.7 Å². The second-order valence-electron chi connectivity index (χ2n) is 3.54. The van der Waals surface area contributed by atoms with Crippen LogP contribution < -0.4 is 5.32 Å². The van der Waals surface area contributed by atoms with Crippen LogP contribution in [0.5, 0.6) is 0 Å². The van der Waals surface area contributed by atoms with E-state index in [0.717, 1.165) is 5.56 Å². The van der Waals surface area contributed by atoms with Crippen molar-refractivity contribution in [3.8, 4) is 0 Å². The minimum Gasteiger partial charge on any atom is -0.347 e. The summed E-state index contributed by atoms with van der Waals surface area (Å²) in [7, 11) is 0. The summed E-state index contributed by atoms with van der Waals surface area (Å²) in [4.78, 5) is 19.7. The Hall–Kier alpha value is -1.46. The molecule has 18 heavy (non-hydrogen) atoms. The Morgan fingerprint density at radius 3 is 2.83 bits per heavy atom. The zero-order chi connectivity index (χ0) is 13.0. The third kappa shape index (κ3) is 3.51. The molecule has 0 atom stereocenters. The van der Waals surface area contributed by atoms with E-state index in [9.17, 15) is 4.79 Å². The Morgan fingerprint density at radius 1 is 1.33 bits per heavy atom. The summed E-state index contributed by atoms with van der Waals surface area (Å²) in [5.74, 6) is -0.269. The predicted octanol–water partition coefficient (Wildman–Crippen LogP) is 2.82. The van der Waals surface area contributed by atoms with Crippen molar-refractivity contribution in [1.82, 2.24) is 15.3 Å². The Balaban J connectivity index is 1.98. The van der Waals surface area contributed by atoms with E-state index in [1.54, 1.807) is 12.1 Å². The monoisotopic (exact) mass is 325 g/mol. The van der Waals surface area contributed by atoms with Crippen molar-refractivity contribution in [2.24, 2.45) is 0 Å². The maximum Gasteiger partial charge on any atom is 0.271 e. The van der Waals surface area contributed by atoms with Crippen LogP contribution in [0, 0.1) is 0 Å². The van der Waals surface area contributed by atoms with Gasteiger partial charge in [0.1, 0.15) is 10.3 Å². The smallest absolute Gasteiger partial charge is 0.271 e. The van der Waals surface area contributed by atoms with Crippen LogP contribution in [-0.2, 0) is 6.54 Å². The predicted molar refractivity (Wildman–Crippen MR) is 72.4 cm³/mol. The molecule has 2 rings (SSSR count). The van der Waals surface area contributed by atoms with Crippen LogP contribution in [0.15, 0.2) is 41.3 Å². The highest BCUT2D eigenvalue weighted by molar-refractivity contribution is 9.10. The molecule has 0 spiro atoms. The molecule has 1 amide bonds. The number of aromatic nitrogens is 2. The molecule has 2 aromatic rings. The van der Waals surface area contributed by atoms with E-state index in [2.05, 4.69) is 31.2 Å². The number of halogens is 2. The maximum atomic E-state index is 11.8. The molecule has 0 saturated heterocycles. The molecular formula is C12H9BrClN3O. The van der Waals surface area contributed by atoms with Gasteiger partial charge in [-0.15, -0.1) is 0 Å². The summed E-state index contributed by atoms with van der Waals surface area (Å²) in [5, 5.41) is 3.39. The van der Waals surface area contributed by atoms with E-state index in [1.807, 2.05) is 12.1 Å². The lowest BCUT2D eigenvalue weighted by Gasteiger charge is -2.04. The number of hydrogen-bond donors (Lipinski definition) is 1. The van der Waals surface area contributed by atoms with Gasteiger partial charge in [0, 0.05) is 11.6 Å². The summed E-state index contributed by atoms with van der Waals surface area (Å²) in [6.45, 7) is 0.400. The number of nitrogens with zero attached hydrogens (tertiary/aromatic N) is 2. The highest BCUT2D eigenvalue weighted by Gasteiger charge is 2.07. The summed E-state index contributed by atoms with van der Waals surface area (Å²) in [6.07, 6.45) is 2.89. The van der Waals surface area contributed by atoms with E-state index < -0.39 is 0 Å². The Bertz CT molecular complexity index is 560. The number of carbonyl (C=O) groups excluding carboxylic acids is 1. The molecule has 0 unspecified atom stereocenters. The number of nitrogens with one attached hydrogen (secondary N) is 1. The highest BCUT2D eigenvalue weighted by atomic mass is 79.9. The average molecular weight is 327 g/mol. The van der Waals surface area contributed by atoms with Gasteiger partial charge in [-0.05, 0) is 33.6 Å². The molecule has 0 aliphatic heterocycles. The lowest BCUT2D eigenvalue weighted by atomic mass is 10.2. The number of rotatable bonds is 3. The molecule has 1 aromatic heterocycles. The van der Waals surface area contributed by atoms with Crippen molar-refractivity contribution in [1.29, 1.82) is 0 Å². The summed E-state index contributed by atoms with van der Waals surface area (Å²) in [5.41, 5.74) is 1.21. The second kappa shape index (κ2) is 5.93. The van der Waals surface area contributed by atoms with Crippen LogP contribution in [0.1, 0.15) is 16.1 Å². The minimum absolute atomic E-state index is 0.269. The fourth-order valence-electron chi connectivity index (χ4n) is 1.35. The molecular weight excluding hydrogens is 318 g/mol. The SMILES string of the molecule is O=C(NCc1cccc(Cl)c1)c1cnc(Br)cn1. The first kappa shape index (κ1) is 13.0. The molecule has 1 heterocycles. The van der Waals surface area contributed by atoms with Crippen molar-refractivity contribution in [2.45, 2.75) is 6.54 Å². The van der Waals surface area contributed by atoms with Crippen LogP contribution in [-0.4, -0.2) is 15.9 Å². The highest BCUT2D eigenvalue weighted by Crippen LogP contribution is 2.10. The van der Waals surface area contributed by atoms with E-state index in [0.29, 0.717) is 16.2 Å². The molecule has 4 nitrogen and oxygen atoms in total. The summed E-state index contributed by atoms with van der Waals surface area (Å²) >= 11 is 9.01. The molecule has 6 heteroatoms. The summed E-state index contributed by atoms with van der Waals surface area (Å²) < 4.78 is 0.592. The number of amides is 1. The fraction of sp³-hybridized carbons (Fsp3) is 0.0833. The van der Waals surface area contributed by atoms with Crippen molar-refractivity contribution in [3.05, 3.63) is 57.5 Å². The fourth-order valence-corrected chi connectivity index (χ4v) is 1.77. The Labute approximate surface area is 118 Å². The van der Waals surface area contributed by atoms with Gasteiger partial charge in [-0.2, -0.15) is 0 Å². The molecule has 0 aliphatic carbocycles. The normalized spacial score (nSPS) is 10.1. The van der Waals surface area contributed by atoms with Gasteiger partial charge in [0.2, 0.25) is 0 Å². The zero-order valence-corrected chi connectivity index (χ0v) is 11.6. The van der Waals surface area contributed by atoms with Crippen LogP contribution in [0.3, 0.4) is 0 Å². The molecule has 0 aliphatic rings. The van der Waals surface area contributed by atoms with Crippen molar-refractivity contribution in [2.75, 3.05) is 0 Å². The number of carbonyl (C=O) groups is 1. The van der Waals surface area contributed by atoms with Crippen LogP contribution in [0.25, 0.3) is 0 Å². The number of hydrogen-bond acceptors (Lipinski definition) is 3. The van der Waals surface area contributed by atoms with Crippen molar-refractivity contribution < 1.29 is 4.79 Å². The molecule has 0 bridgehead atoms. The molecule has 92 valence electrons. The first-order valence-electron chi connectivity index (χ1n) is 5.15. The van der Waals surface area contributed by atoms with E-state index >= 15 is 0 Å². The van der Waals surface area contributed by atoms with Crippen LogP contribution >= 0.6 is 27.5 Å². The quantitative estimate of drug-likeness (QED) is 0.943. The van der Waals surface area contributed by atoms with Crippen molar-refractivity contribution in [3.63, 3.8) is 0 Å². The number of benzene rings is 1. The standard InChI is InChI=1S/C12H9BrClN3O/c13-11-7-15-10(6-16-11)12(18)17-5-8-2-1-3-9(14)4-8/h1-4,6-7H,5H2,(H,17,18). The van der Waals surface area contributed by atoms with Gasteiger partial charge in [0.15, 0.2) is 0 Å². The van der Waals surface area contributed by atoms with Gasteiger partial charge in [0.05, 0.1) is 12.4 Å². The molecule has 0 fully saturated rings. The molecule has 1 N–H and O–H groups in total. The van der Waals surface area contributed by atoms with Gasteiger partial charge < -0.3 is 5.32 Å². The summed E-state index contributed by atoms with van der Waals surface area (Å²) in [6, 6.07) is 7.31. The first-order valence-corrected chi connectivity index (χ1v) is 6.32. The Kier molecular flexibility index (Phi) is 4.28. The molecule has 1 aromatic carbocycles. The molecule has 0 saturated carbocycles. The third-order valence-electron chi connectivity index (χ3n) is 2.20. The first-order chi connectivity index (χ1) is 8.65. The average Bonchev–Trinajstić information content (AvgIpc) is 2.37. The molecule has 0 radical (unpaired) electrons. The lowest BCUT2D eigenvalue weighted by Crippen LogP contribution is -2.23. The minimum atomic E-state index is -0.269. The Morgan fingerprint density at radius 2 is 2.17 bits per heavy atom. The van der Waals surface area contributed by atoms with E-state index in [1.165, 1.54) is 12.4 Å². The van der Waals surface area contributed by atoms with Gasteiger partial charge in [-0.25, -0.2) is 9.97 Å². The van der Waals surface area contributed by atoms with E-state index in [-0.39, 0.29) is 11.6 Å². The van der Waals surface area contributed by atoms with Crippen LogP contribution in [0.2, 0.25) is 5.02 Å². The van der Waals surface area contributed by atoms with Crippen molar-refractivity contribution >= 4 is 33.4 Å². The van der Waals surface area contributed by atoms with Gasteiger partial charge in [-0.3, -0.25) is 4.79 Å².